The van der Waals surface area contributed by atoms with Gasteiger partial charge in [-0.15, -0.1) is 23.1 Å². The van der Waals surface area contributed by atoms with E-state index >= 15 is 0 Å². The van der Waals surface area contributed by atoms with E-state index in [4.69, 9.17) is 0 Å². The van der Waals surface area contributed by atoms with Crippen molar-refractivity contribution in [3.63, 3.8) is 0 Å². The highest BCUT2D eigenvalue weighted by atomic mass is 32.2. The number of thiazole rings is 1. The molecule has 0 N–H and O–H groups in total. The standard InChI is InChI=1S/C11H14N2S2/c1-8-6-12-11(15-8)13-4-2-10-9(7-13)3-5-14-10/h3,5-6,9-10H,2,4,7H2,1H3. The van der Waals surface area contributed by atoms with E-state index < -0.39 is 0 Å². The molecule has 2 unspecified atom stereocenters. The average Bonchev–Trinajstić information content (AvgIpc) is 2.84. The lowest BCUT2D eigenvalue weighted by Gasteiger charge is -2.33. The Kier molecular flexibility index (Phi) is 2.48. The molecule has 0 aliphatic carbocycles. The first-order valence-corrected chi connectivity index (χ1v) is 7.08. The Morgan fingerprint density at radius 2 is 2.47 bits per heavy atom. The van der Waals surface area contributed by atoms with Crippen LogP contribution in [0.4, 0.5) is 5.13 Å². The molecule has 1 saturated heterocycles. The molecule has 0 amide bonds. The van der Waals surface area contributed by atoms with Gasteiger partial charge in [0.1, 0.15) is 0 Å². The highest BCUT2D eigenvalue weighted by Gasteiger charge is 2.31. The second kappa shape index (κ2) is 3.83. The third-order valence-electron chi connectivity index (χ3n) is 3.05. The van der Waals surface area contributed by atoms with Gasteiger partial charge in [-0.2, -0.15) is 0 Å². The maximum atomic E-state index is 4.47. The number of hydrogen-bond donors (Lipinski definition) is 0. The fourth-order valence-corrected chi connectivity index (χ4v) is 4.13. The van der Waals surface area contributed by atoms with Crippen molar-refractivity contribution >= 4 is 28.2 Å². The number of hydrogen-bond acceptors (Lipinski definition) is 4. The molecule has 3 rings (SSSR count). The van der Waals surface area contributed by atoms with Gasteiger partial charge >= 0.3 is 0 Å². The Morgan fingerprint density at radius 1 is 1.53 bits per heavy atom. The van der Waals surface area contributed by atoms with Crippen LogP contribution in [0.3, 0.4) is 0 Å². The third kappa shape index (κ3) is 1.81. The molecular formula is C11H14N2S2. The van der Waals surface area contributed by atoms with Crippen LogP contribution in [0, 0.1) is 12.8 Å². The quantitative estimate of drug-likeness (QED) is 0.748. The molecule has 2 nitrogen and oxygen atoms in total. The molecule has 0 saturated carbocycles. The van der Waals surface area contributed by atoms with Gasteiger partial charge in [0, 0.05) is 35.3 Å². The second-order valence-electron chi connectivity index (χ2n) is 4.16. The summed E-state index contributed by atoms with van der Waals surface area (Å²) in [5, 5.41) is 4.31. The number of anilines is 1. The van der Waals surface area contributed by atoms with Crippen molar-refractivity contribution in [1.29, 1.82) is 0 Å². The Balaban J connectivity index is 1.76. The highest BCUT2D eigenvalue weighted by Crippen LogP contribution is 2.37. The van der Waals surface area contributed by atoms with Gasteiger partial charge in [-0.05, 0) is 18.8 Å². The number of rotatable bonds is 1. The van der Waals surface area contributed by atoms with Crippen molar-refractivity contribution in [3.05, 3.63) is 22.6 Å². The minimum atomic E-state index is 0.743. The van der Waals surface area contributed by atoms with E-state index in [0.29, 0.717) is 0 Å². The van der Waals surface area contributed by atoms with Crippen molar-refractivity contribution in [2.24, 2.45) is 5.92 Å². The molecule has 0 spiro atoms. The maximum Gasteiger partial charge on any atom is 0.185 e. The zero-order chi connectivity index (χ0) is 10.3. The SMILES string of the molecule is Cc1cnc(N2CCC3SC=CC3C2)s1. The van der Waals surface area contributed by atoms with Crippen molar-refractivity contribution in [3.8, 4) is 0 Å². The lowest BCUT2D eigenvalue weighted by molar-refractivity contribution is 0.505. The lowest BCUT2D eigenvalue weighted by Crippen LogP contribution is -2.39. The number of piperidine rings is 1. The molecule has 0 aromatic carbocycles. The van der Waals surface area contributed by atoms with Crippen LogP contribution >= 0.6 is 23.1 Å². The summed E-state index contributed by atoms with van der Waals surface area (Å²) in [5.74, 6) is 0.743. The molecular weight excluding hydrogens is 224 g/mol. The molecule has 4 heteroatoms. The monoisotopic (exact) mass is 238 g/mol. The molecule has 1 aromatic heterocycles. The zero-order valence-electron chi connectivity index (χ0n) is 8.72. The first kappa shape index (κ1) is 9.73. The van der Waals surface area contributed by atoms with E-state index in [0.717, 1.165) is 17.7 Å². The van der Waals surface area contributed by atoms with Crippen LogP contribution in [-0.2, 0) is 0 Å². The van der Waals surface area contributed by atoms with E-state index in [1.165, 1.54) is 23.0 Å². The summed E-state index contributed by atoms with van der Waals surface area (Å²) in [7, 11) is 0. The fraction of sp³-hybridized carbons (Fsp3) is 0.545. The minimum Gasteiger partial charge on any atom is -0.347 e. The summed E-state index contributed by atoms with van der Waals surface area (Å²) >= 11 is 3.82. The Hall–Kier alpha value is -0.480. The summed E-state index contributed by atoms with van der Waals surface area (Å²) in [4.78, 5) is 8.22. The van der Waals surface area contributed by atoms with E-state index in [1.807, 2.05) is 29.3 Å². The molecule has 2 aliphatic rings. The number of aromatic nitrogens is 1. The fourth-order valence-electron chi connectivity index (χ4n) is 2.22. The molecule has 15 heavy (non-hydrogen) atoms. The van der Waals surface area contributed by atoms with Gasteiger partial charge < -0.3 is 4.90 Å². The molecule has 0 radical (unpaired) electrons. The zero-order valence-corrected chi connectivity index (χ0v) is 10.4. The lowest BCUT2D eigenvalue weighted by atomic mass is 9.98. The highest BCUT2D eigenvalue weighted by molar-refractivity contribution is 8.03. The van der Waals surface area contributed by atoms with Crippen molar-refractivity contribution < 1.29 is 0 Å². The number of fused-ring (bicyclic) bond motifs is 1. The van der Waals surface area contributed by atoms with Gasteiger partial charge in [-0.1, -0.05) is 6.08 Å². The van der Waals surface area contributed by atoms with Gasteiger partial charge in [0.2, 0.25) is 0 Å². The molecule has 3 heterocycles. The Morgan fingerprint density at radius 3 is 3.27 bits per heavy atom. The Bertz CT molecular complexity index is 386. The summed E-state index contributed by atoms with van der Waals surface area (Å²) < 4.78 is 0. The summed E-state index contributed by atoms with van der Waals surface area (Å²) in [6.45, 7) is 4.45. The van der Waals surface area contributed by atoms with E-state index in [9.17, 15) is 0 Å². The van der Waals surface area contributed by atoms with Crippen molar-refractivity contribution in [2.45, 2.75) is 18.6 Å². The van der Waals surface area contributed by atoms with Crippen LogP contribution in [0.15, 0.2) is 17.7 Å². The largest absolute Gasteiger partial charge is 0.347 e. The van der Waals surface area contributed by atoms with Crippen LogP contribution < -0.4 is 4.90 Å². The predicted octanol–water partition coefficient (Wildman–Crippen LogP) is 2.91. The van der Waals surface area contributed by atoms with Crippen molar-refractivity contribution in [2.75, 3.05) is 18.0 Å². The molecule has 1 aromatic rings. The van der Waals surface area contributed by atoms with Crippen LogP contribution in [0.25, 0.3) is 0 Å². The van der Waals surface area contributed by atoms with Crippen molar-refractivity contribution in [1.82, 2.24) is 4.98 Å². The van der Waals surface area contributed by atoms with E-state index in [1.54, 1.807) is 0 Å². The summed E-state index contributed by atoms with van der Waals surface area (Å²) in [6, 6.07) is 0. The molecule has 2 aliphatic heterocycles. The first-order valence-electron chi connectivity index (χ1n) is 5.32. The van der Waals surface area contributed by atoms with Gasteiger partial charge in [-0.3, -0.25) is 0 Å². The second-order valence-corrected chi connectivity index (χ2v) is 6.52. The van der Waals surface area contributed by atoms with E-state index in [-0.39, 0.29) is 0 Å². The summed E-state index contributed by atoms with van der Waals surface area (Å²) in [6.07, 6.45) is 5.63. The molecule has 2 atom stereocenters. The topological polar surface area (TPSA) is 16.1 Å². The van der Waals surface area contributed by atoms with Gasteiger partial charge in [0.05, 0.1) is 0 Å². The predicted molar refractivity (Wildman–Crippen MR) is 67.7 cm³/mol. The maximum absolute atomic E-state index is 4.47. The summed E-state index contributed by atoms with van der Waals surface area (Å²) in [5.41, 5.74) is 0. The molecule has 80 valence electrons. The molecule has 1 fully saturated rings. The minimum absolute atomic E-state index is 0.743. The number of aryl methyl sites for hydroxylation is 1. The number of nitrogens with zero attached hydrogens (tertiary/aromatic N) is 2. The van der Waals surface area contributed by atoms with Gasteiger partial charge in [0.15, 0.2) is 5.13 Å². The third-order valence-corrected chi connectivity index (χ3v) is 5.27. The number of thioether (sulfide) groups is 1. The van der Waals surface area contributed by atoms with Crippen LogP contribution in [-0.4, -0.2) is 23.3 Å². The molecule has 0 bridgehead atoms. The van der Waals surface area contributed by atoms with Crippen LogP contribution in [0.2, 0.25) is 0 Å². The average molecular weight is 238 g/mol. The van der Waals surface area contributed by atoms with Gasteiger partial charge in [-0.25, -0.2) is 4.98 Å². The van der Waals surface area contributed by atoms with Crippen LogP contribution in [0.1, 0.15) is 11.3 Å². The Labute approximate surface area is 98.4 Å². The smallest absolute Gasteiger partial charge is 0.185 e. The normalized spacial score (nSPS) is 29.5. The van der Waals surface area contributed by atoms with E-state index in [2.05, 4.69) is 28.3 Å². The van der Waals surface area contributed by atoms with Gasteiger partial charge in [0.25, 0.3) is 0 Å². The first-order chi connectivity index (χ1) is 7.33. The van der Waals surface area contributed by atoms with Crippen LogP contribution in [0.5, 0.6) is 0 Å².